The molecule has 0 aromatic carbocycles. The first-order valence-electron chi connectivity index (χ1n) is 7.89. The van der Waals surface area contributed by atoms with E-state index in [1.165, 1.54) is 12.8 Å². The minimum absolute atomic E-state index is 0.136. The van der Waals surface area contributed by atoms with Crippen LogP contribution < -0.4 is 5.32 Å². The molecular weight excluding hydrogens is 242 g/mol. The van der Waals surface area contributed by atoms with E-state index in [0.717, 1.165) is 32.4 Å². The van der Waals surface area contributed by atoms with E-state index in [9.17, 15) is 0 Å². The second-order valence-corrected chi connectivity index (χ2v) is 5.05. The fourth-order valence-corrected chi connectivity index (χ4v) is 2.51. The van der Waals surface area contributed by atoms with Crippen molar-refractivity contribution in [3.63, 3.8) is 0 Å². The van der Waals surface area contributed by atoms with Gasteiger partial charge in [-0.2, -0.15) is 0 Å². The summed E-state index contributed by atoms with van der Waals surface area (Å²) in [6.07, 6.45) is 5.99. The van der Waals surface area contributed by atoms with Crippen LogP contribution >= 0.6 is 0 Å². The SMILES string of the molecule is CCCNC(CCC1CCCO1)C(OCC)OCC. The molecule has 4 nitrogen and oxygen atoms in total. The molecule has 1 saturated heterocycles. The second kappa shape index (κ2) is 10.6. The van der Waals surface area contributed by atoms with Crippen molar-refractivity contribution in [3.8, 4) is 0 Å². The molecule has 0 saturated carbocycles. The molecule has 1 aliphatic heterocycles. The monoisotopic (exact) mass is 273 g/mol. The normalized spacial score (nSPS) is 21.2. The van der Waals surface area contributed by atoms with Crippen LogP contribution in [0.5, 0.6) is 0 Å². The quantitative estimate of drug-likeness (QED) is 0.588. The molecule has 1 fully saturated rings. The highest BCUT2D eigenvalue weighted by Crippen LogP contribution is 2.19. The zero-order valence-electron chi connectivity index (χ0n) is 12.8. The highest BCUT2D eigenvalue weighted by Gasteiger charge is 2.24. The van der Waals surface area contributed by atoms with Gasteiger partial charge in [0.2, 0.25) is 0 Å². The molecule has 1 aliphatic rings. The van der Waals surface area contributed by atoms with E-state index in [0.29, 0.717) is 19.3 Å². The molecule has 2 atom stereocenters. The fraction of sp³-hybridized carbons (Fsp3) is 1.00. The van der Waals surface area contributed by atoms with Gasteiger partial charge in [-0.15, -0.1) is 0 Å². The number of hydrogen-bond donors (Lipinski definition) is 1. The van der Waals surface area contributed by atoms with Gasteiger partial charge in [0.05, 0.1) is 12.1 Å². The van der Waals surface area contributed by atoms with Gasteiger partial charge in [0.15, 0.2) is 6.29 Å². The van der Waals surface area contributed by atoms with Crippen molar-refractivity contribution < 1.29 is 14.2 Å². The average Bonchev–Trinajstić information content (AvgIpc) is 2.92. The third-order valence-corrected chi connectivity index (χ3v) is 3.47. The molecule has 0 bridgehead atoms. The summed E-state index contributed by atoms with van der Waals surface area (Å²) in [5.74, 6) is 0. The van der Waals surface area contributed by atoms with Crippen LogP contribution in [0.4, 0.5) is 0 Å². The van der Waals surface area contributed by atoms with E-state index in [2.05, 4.69) is 12.2 Å². The molecule has 0 aliphatic carbocycles. The lowest BCUT2D eigenvalue weighted by Crippen LogP contribution is -2.44. The summed E-state index contributed by atoms with van der Waals surface area (Å²) in [5.41, 5.74) is 0. The largest absolute Gasteiger partial charge is 0.378 e. The zero-order chi connectivity index (χ0) is 13.9. The Morgan fingerprint density at radius 2 is 1.95 bits per heavy atom. The van der Waals surface area contributed by atoms with Gasteiger partial charge in [-0.3, -0.25) is 0 Å². The van der Waals surface area contributed by atoms with Crippen molar-refractivity contribution in [1.29, 1.82) is 0 Å². The molecular formula is C15H31NO3. The van der Waals surface area contributed by atoms with Gasteiger partial charge >= 0.3 is 0 Å². The van der Waals surface area contributed by atoms with E-state index in [1.54, 1.807) is 0 Å². The van der Waals surface area contributed by atoms with Crippen molar-refractivity contribution in [3.05, 3.63) is 0 Å². The summed E-state index contributed by atoms with van der Waals surface area (Å²) in [6.45, 7) is 9.53. The van der Waals surface area contributed by atoms with Crippen LogP contribution in [0.1, 0.15) is 52.9 Å². The van der Waals surface area contributed by atoms with Gasteiger partial charge in [-0.05, 0) is 52.5 Å². The Hall–Kier alpha value is -0.160. The minimum atomic E-state index is -0.136. The fourth-order valence-electron chi connectivity index (χ4n) is 2.51. The smallest absolute Gasteiger partial charge is 0.172 e. The molecule has 0 amide bonds. The van der Waals surface area contributed by atoms with Crippen LogP contribution in [0, 0.1) is 0 Å². The van der Waals surface area contributed by atoms with Crippen LogP contribution in [0.15, 0.2) is 0 Å². The average molecular weight is 273 g/mol. The van der Waals surface area contributed by atoms with Crippen molar-refractivity contribution >= 4 is 0 Å². The molecule has 1 rings (SSSR count). The summed E-state index contributed by atoms with van der Waals surface area (Å²) in [6, 6.07) is 0.268. The van der Waals surface area contributed by atoms with Gasteiger partial charge < -0.3 is 19.5 Å². The van der Waals surface area contributed by atoms with Crippen molar-refractivity contribution in [2.75, 3.05) is 26.4 Å². The number of nitrogens with one attached hydrogen (secondary N) is 1. The van der Waals surface area contributed by atoms with Crippen molar-refractivity contribution in [2.24, 2.45) is 0 Å². The Morgan fingerprint density at radius 1 is 1.21 bits per heavy atom. The number of rotatable bonds is 11. The van der Waals surface area contributed by atoms with Crippen LogP contribution in [-0.4, -0.2) is 44.8 Å². The van der Waals surface area contributed by atoms with Gasteiger partial charge in [0, 0.05) is 19.8 Å². The van der Waals surface area contributed by atoms with Gasteiger partial charge in [0.1, 0.15) is 0 Å². The first-order chi connectivity index (χ1) is 9.31. The molecule has 0 spiro atoms. The zero-order valence-corrected chi connectivity index (χ0v) is 12.8. The Kier molecular flexibility index (Phi) is 9.43. The minimum Gasteiger partial charge on any atom is -0.378 e. The highest BCUT2D eigenvalue weighted by molar-refractivity contribution is 4.75. The molecule has 19 heavy (non-hydrogen) atoms. The summed E-state index contributed by atoms with van der Waals surface area (Å²) < 4.78 is 17.2. The van der Waals surface area contributed by atoms with Gasteiger partial charge in [-0.1, -0.05) is 6.92 Å². The summed E-state index contributed by atoms with van der Waals surface area (Å²) in [7, 11) is 0. The predicted octanol–water partition coefficient (Wildman–Crippen LogP) is 2.71. The maximum Gasteiger partial charge on any atom is 0.172 e. The molecule has 1 heterocycles. The van der Waals surface area contributed by atoms with Crippen LogP contribution in [0.2, 0.25) is 0 Å². The van der Waals surface area contributed by atoms with Gasteiger partial charge in [0.25, 0.3) is 0 Å². The van der Waals surface area contributed by atoms with E-state index in [-0.39, 0.29) is 12.3 Å². The van der Waals surface area contributed by atoms with Crippen LogP contribution in [0.25, 0.3) is 0 Å². The van der Waals surface area contributed by atoms with E-state index >= 15 is 0 Å². The maximum absolute atomic E-state index is 5.73. The predicted molar refractivity (Wildman–Crippen MR) is 77.3 cm³/mol. The van der Waals surface area contributed by atoms with E-state index in [4.69, 9.17) is 14.2 Å². The van der Waals surface area contributed by atoms with Crippen molar-refractivity contribution in [2.45, 2.75) is 71.3 Å². The van der Waals surface area contributed by atoms with Gasteiger partial charge in [-0.25, -0.2) is 0 Å². The lowest BCUT2D eigenvalue weighted by molar-refractivity contribution is -0.155. The molecule has 2 unspecified atom stereocenters. The molecule has 114 valence electrons. The maximum atomic E-state index is 5.73. The first-order valence-corrected chi connectivity index (χ1v) is 7.89. The highest BCUT2D eigenvalue weighted by atomic mass is 16.7. The van der Waals surface area contributed by atoms with Crippen molar-refractivity contribution in [1.82, 2.24) is 5.32 Å². The summed E-state index contributed by atoms with van der Waals surface area (Å²) in [4.78, 5) is 0. The van der Waals surface area contributed by atoms with E-state index in [1.807, 2.05) is 13.8 Å². The standard InChI is InChI=1S/C15H31NO3/c1-4-11-16-14(15(17-5-2)18-6-3)10-9-13-8-7-12-19-13/h13-16H,4-12H2,1-3H3. The second-order valence-electron chi connectivity index (χ2n) is 5.05. The Balaban J connectivity index is 2.41. The number of hydrogen-bond acceptors (Lipinski definition) is 4. The van der Waals surface area contributed by atoms with Crippen LogP contribution in [-0.2, 0) is 14.2 Å². The van der Waals surface area contributed by atoms with E-state index < -0.39 is 0 Å². The first kappa shape index (κ1) is 16.9. The Morgan fingerprint density at radius 3 is 2.47 bits per heavy atom. The molecule has 4 heteroatoms. The molecule has 1 N–H and O–H groups in total. The topological polar surface area (TPSA) is 39.7 Å². The molecule has 0 aromatic rings. The lowest BCUT2D eigenvalue weighted by atomic mass is 10.1. The third kappa shape index (κ3) is 6.70. The number of ether oxygens (including phenoxy) is 3. The summed E-state index contributed by atoms with van der Waals surface area (Å²) >= 11 is 0. The lowest BCUT2D eigenvalue weighted by Gasteiger charge is -2.28. The van der Waals surface area contributed by atoms with Crippen LogP contribution in [0.3, 0.4) is 0 Å². The molecule has 0 radical (unpaired) electrons. The Bertz CT molecular complexity index is 202. The molecule has 0 aromatic heterocycles. The Labute approximate surface area is 118 Å². The summed E-state index contributed by atoms with van der Waals surface area (Å²) in [5, 5.41) is 3.56. The third-order valence-electron chi connectivity index (χ3n) is 3.47.